The number of thioether (sulfide) groups is 1. The van der Waals surface area contributed by atoms with Gasteiger partial charge in [0.1, 0.15) is 5.75 Å². The Bertz CT molecular complexity index is 335. The number of hydrogen-bond donors (Lipinski definition) is 3. The van der Waals surface area contributed by atoms with E-state index >= 15 is 0 Å². The van der Waals surface area contributed by atoms with Gasteiger partial charge in [-0.15, -0.1) is 11.8 Å². The Balaban J connectivity index is 2.72. The quantitative estimate of drug-likeness (QED) is 0.673. The van der Waals surface area contributed by atoms with Gasteiger partial charge in [0.05, 0.1) is 19.8 Å². The Morgan fingerprint density at radius 2 is 2.12 bits per heavy atom. The number of methoxy groups -OCH3 is 1. The van der Waals surface area contributed by atoms with Gasteiger partial charge in [0.2, 0.25) is 0 Å². The van der Waals surface area contributed by atoms with E-state index in [0.717, 1.165) is 11.3 Å². The molecule has 17 heavy (non-hydrogen) atoms. The average molecular weight is 257 g/mol. The number of hydrogen-bond acceptors (Lipinski definition) is 5. The molecule has 96 valence electrons. The summed E-state index contributed by atoms with van der Waals surface area (Å²) < 4.78 is 5.28. The lowest BCUT2D eigenvalue weighted by molar-refractivity contribution is 0.113. The van der Waals surface area contributed by atoms with E-state index in [9.17, 15) is 5.11 Å². The number of nitrogens with two attached hydrogens (primary N) is 1. The van der Waals surface area contributed by atoms with E-state index in [1.165, 1.54) is 11.8 Å². The summed E-state index contributed by atoms with van der Waals surface area (Å²) in [4.78, 5) is 0. The van der Waals surface area contributed by atoms with Crippen LogP contribution in [-0.2, 0) is 0 Å². The first-order valence-electron chi connectivity index (χ1n) is 5.46. The van der Waals surface area contributed by atoms with Gasteiger partial charge in [0.25, 0.3) is 0 Å². The van der Waals surface area contributed by atoms with E-state index in [1.807, 2.05) is 24.3 Å². The van der Waals surface area contributed by atoms with Crippen LogP contribution in [0.25, 0.3) is 0 Å². The molecule has 0 saturated carbocycles. The third-order valence-corrected chi connectivity index (χ3v) is 3.83. The summed E-state index contributed by atoms with van der Waals surface area (Å²) >= 11 is 1.52. The normalized spacial score (nSPS) is 14.4. The van der Waals surface area contributed by atoms with Crippen molar-refractivity contribution in [2.75, 3.05) is 26.0 Å². The molecular weight excluding hydrogens is 238 g/mol. The van der Waals surface area contributed by atoms with E-state index in [-0.39, 0.29) is 11.9 Å². The number of aliphatic hydroxyl groups is 2. The van der Waals surface area contributed by atoms with Crippen LogP contribution in [0.3, 0.4) is 0 Å². The fourth-order valence-electron chi connectivity index (χ4n) is 1.50. The van der Waals surface area contributed by atoms with Crippen LogP contribution in [-0.4, -0.2) is 42.3 Å². The predicted octanol–water partition coefficient (Wildman–Crippen LogP) is 0.781. The molecular formula is C12H19NO3S. The number of ether oxygens (including phenoxy) is 1. The Kier molecular flexibility index (Phi) is 6.36. The fourth-order valence-corrected chi connectivity index (χ4v) is 2.57. The van der Waals surface area contributed by atoms with Gasteiger partial charge < -0.3 is 20.7 Å². The molecule has 4 N–H and O–H groups in total. The number of benzene rings is 1. The molecule has 0 bridgehead atoms. The van der Waals surface area contributed by atoms with Crippen LogP contribution in [0.5, 0.6) is 5.75 Å². The molecule has 0 aromatic heterocycles. The molecule has 1 aromatic rings. The van der Waals surface area contributed by atoms with Gasteiger partial charge in [-0.05, 0) is 6.07 Å². The van der Waals surface area contributed by atoms with E-state index in [4.69, 9.17) is 15.6 Å². The Labute approximate surface area is 106 Å². The molecule has 0 aliphatic rings. The maximum atomic E-state index is 9.33. The lowest BCUT2D eigenvalue weighted by Crippen LogP contribution is -2.18. The lowest BCUT2D eigenvalue weighted by Gasteiger charge is -2.18. The zero-order chi connectivity index (χ0) is 12.7. The molecule has 0 saturated heterocycles. The van der Waals surface area contributed by atoms with Crippen LogP contribution in [0.15, 0.2) is 24.3 Å². The van der Waals surface area contributed by atoms with Gasteiger partial charge in [-0.3, -0.25) is 0 Å². The second-order valence-corrected chi connectivity index (χ2v) is 4.87. The van der Waals surface area contributed by atoms with E-state index < -0.39 is 6.10 Å². The van der Waals surface area contributed by atoms with Crippen molar-refractivity contribution in [3.63, 3.8) is 0 Å². The first-order chi connectivity index (χ1) is 8.22. The van der Waals surface area contributed by atoms with Crippen molar-refractivity contribution in [2.24, 2.45) is 5.73 Å². The molecule has 5 heteroatoms. The Morgan fingerprint density at radius 3 is 2.71 bits per heavy atom. The van der Waals surface area contributed by atoms with Crippen LogP contribution < -0.4 is 10.5 Å². The molecule has 1 aromatic carbocycles. The molecule has 2 unspecified atom stereocenters. The highest BCUT2D eigenvalue weighted by atomic mass is 32.2. The maximum absolute atomic E-state index is 9.33. The van der Waals surface area contributed by atoms with Gasteiger partial charge in [-0.1, -0.05) is 18.2 Å². The summed E-state index contributed by atoms with van der Waals surface area (Å²) in [5.74, 6) is 1.25. The molecule has 0 aliphatic heterocycles. The Morgan fingerprint density at radius 1 is 1.41 bits per heavy atom. The largest absolute Gasteiger partial charge is 0.496 e. The minimum atomic E-state index is -0.705. The van der Waals surface area contributed by atoms with Gasteiger partial charge in [0, 0.05) is 23.1 Å². The van der Waals surface area contributed by atoms with E-state index in [2.05, 4.69) is 0 Å². The van der Waals surface area contributed by atoms with Crippen molar-refractivity contribution in [1.82, 2.24) is 0 Å². The van der Waals surface area contributed by atoms with Crippen LogP contribution in [0.4, 0.5) is 0 Å². The van der Waals surface area contributed by atoms with Crippen molar-refractivity contribution >= 4 is 11.8 Å². The number of rotatable bonds is 7. The minimum Gasteiger partial charge on any atom is -0.496 e. The molecule has 0 aliphatic carbocycles. The molecule has 0 heterocycles. The molecule has 0 spiro atoms. The number of para-hydroxylation sites is 1. The van der Waals surface area contributed by atoms with Crippen molar-refractivity contribution in [3.05, 3.63) is 29.8 Å². The summed E-state index contributed by atoms with van der Waals surface area (Å²) in [6.45, 7) is 0.236. The molecule has 4 nitrogen and oxygen atoms in total. The zero-order valence-electron chi connectivity index (χ0n) is 9.87. The first-order valence-corrected chi connectivity index (χ1v) is 6.51. The fraction of sp³-hybridized carbons (Fsp3) is 0.500. The second kappa shape index (κ2) is 7.55. The van der Waals surface area contributed by atoms with Crippen molar-refractivity contribution in [3.8, 4) is 5.75 Å². The van der Waals surface area contributed by atoms with Crippen LogP contribution in [0.2, 0.25) is 0 Å². The summed E-state index contributed by atoms with van der Waals surface area (Å²) in [6, 6.07) is 7.70. The van der Waals surface area contributed by atoms with Gasteiger partial charge >= 0.3 is 0 Å². The maximum Gasteiger partial charge on any atom is 0.123 e. The van der Waals surface area contributed by atoms with Crippen LogP contribution in [0.1, 0.15) is 10.8 Å². The summed E-state index contributed by atoms with van der Waals surface area (Å²) in [6.07, 6.45) is -0.705. The zero-order valence-corrected chi connectivity index (χ0v) is 10.7. The van der Waals surface area contributed by atoms with Crippen molar-refractivity contribution < 1.29 is 14.9 Å². The van der Waals surface area contributed by atoms with Gasteiger partial charge in [-0.25, -0.2) is 0 Å². The highest BCUT2D eigenvalue weighted by Gasteiger charge is 2.16. The average Bonchev–Trinajstić information content (AvgIpc) is 2.39. The third kappa shape index (κ3) is 4.20. The lowest BCUT2D eigenvalue weighted by atomic mass is 10.1. The first kappa shape index (κ1) is 14.3. The van der Waals surface area contributed by atoms with Gasteiger partial charge in [0.15, 0.2) is 0 Å². The monoisotopic (exact) mass is 257 g/mol. The SMILES string of the molecule is COc1ccccc1C(CN)SCC(O)CO. The van der Waals surface area contributed by atoms with Crippen molar-refractivity contribution in [2.45, 2.75) is 11.4 Å². The van der Waals surface area contributed by atoms with Gasteiger partial charge in [-0.2, -0.15) is 0 Å². The standard InChI is InChI=1S/C12H19NO3S/c1-16-11-5-3-2-4-10(11)12(6-13)17-8-9(15)7-14/h2-5,9,12,14-15H,6-8,13H2,1H3. The minimum absolute atomic E-state index is 0.0624. The third-order valence-electron chi connectivity index (χ3n) is 2.40. The molecule has 0 amide bonds. The summed E-state index contributed by atoms with van der Waals surface area (Å²) in [5.41, 5.74) is 6.76. The summed E-state index contributed by atoms with van der Waals surface area (Å²) in [5, 5.41) is 18.2. The topological polar surface area (TPSA) is 75.7 Å². The molecule has 1 rings (SSSR count). The highest BCUT2D eigenvalue weighted by molar-refractivity contribution is 7.99. The second-order valence-electron chi connectivity index (χ2n) is 3.64. The van der Waals surface area contributed by atoms with Crippen LogP contribution in [0, 0.1) is 0 Å². The van der Waals surface area contributed by atoms with Crippen molar-refractivity contribution in [1.29, 1.82) is 0 Å². The van der Waals surface area contributed by atoms with E-state index in [1.54, 1.807) is 7.11 Å². The smallest absolute Gasteiger partial charge is 0.123 e. The molecule has 2 atom stereocenters. The van der Waals surface area contributed by atoms with E-state index in [0.29, 0.717) is 12.3 Å². The number of aliphatic hydroxyl groups excluding tert-OH is 2. The van der Waals surface area contributed by atoms with Crippen LogP contribution >= 0.6 is 11.8 Å². The molecule has 0 radical (unpaired) electrons. The highest BCUT2D eigenvalue weighted by Crippen LogP contribution is 2.34. The Hall–Kier alpha value is -0.750. The summed E-state index contributed by atoms with van der Waals surface area (Å²) in [7, 11) is 1.62. The predicted molar refractivity (Wildman–Crippen MR) is 70.3 cm³/mol. The molecule has 0 fully saturated rings.